The number of amides is 1. The van der Waals surface area contributed by atoms with Gasteiger partial charge in [0.2, 0.25) is 0 Å². The molecule has 1 amide bonds. The van der Waals surface area contributed by atoms with Crippen LogP contribution in [0.4, 0.5) is 11.4 Å². The Balaban J connectivity index is 1.72. The lowest BCUT2D eigenvalue weighted by atomic mass is 10.1. The number of ether oxygens (including phenoxy) is 1. The van der Waals surface area contributed by atoms with E-state index < -0.39 is 10.0 Å². The minimum atomic E-state index is -3.75. The molecule has 0 radical (unpaired) electrons. The van der Waals surface area contributed by atoms with E-state index in [-0.39, 0.29) is 22.1 Å². The highest BCUT2D eigenvalue weighted by Gasteiger charge is 2.26. The molecule has 3 aromatic rings. The molecule has 1 heterocycles. The Bertz CT molecular complexity index is 1170. The molecule has 0 aliphatic carbocycles. The summed E-state index contributed by atoms with van der Waals surface area (Å²) in [6, 6.07) is 18.3. The van der Waals surface area contributed by atoms with Gasteiger partial charge < -0.3 is 9.64 Å². The third-order valence-electron chi connectivity index (χ3n) is 4.52. The zero-order chi connectivity index (χ0) is 19.9. The Morgan fingerprint density at radius 2 is 1.64 bits per heavy atom. The van der Waals surface area contributed by atoms with Gasteiger partial charge in [0.05, 0.1) is 16.1 Å². The number of rotatable bonds is 3. The first-order chi connectivity index (χ1) is 13.3. The molecule has 3 aromatic carbocycles. The number of sulfonamides is 1. The van der Waals surface area contributed by atoms with E-state index in [0.717, 1.165) is 5.56 Å². The van der Waals surface area contributed by atoms with Crippen molar-refractivity contribution in [3.63, 3.8) is 0 Å². The van der Waals surface area contributed by atoms with E-state index in [1.165, 1.54) is 23.1 Å². The molecule has 6 nitrogen and oxygen atoms in total. The molecule has 0 saturated heterocycles. The van der Waals surface area contributed by atoms with Gasteiger partial charge in [0.25, 0.3) is 15.9 Å². The number of nitrogens with one attached hydrogen (secondary N) is 1. The van der Waals surface area contributed by atoms with Crippen LogP contribution in [-0.2, 0) is 10.0 Å². The van der Waals surface area contributed by atoms with E-state index in [4.69, 9.17) is 4.74 Å². The molecule has 4 rings (SSSR count). The molecule has 0 unspecified atom stereocenters. The Morgan fingerprint density at radius 3 is 2.39 bits per heavy atom. The molecule has 1 aliphatic heterocycles. The van der Waals surface area contributed by atoms with E-state index >= 15 is 0 Å². The van der Waals surface area contributed by atoms with Crippen LogP contribution >= 0.6 is 0 Å². The molecule has 7 heteroatoms. The molecular weight excluding hydrogens is 376 g/mol. The van der Waals surface area contributed by atoms with E-state index in [2.05, 4.69) is 4.72 Å². The summed E-state index contributed by atoms with van der Waals surface area (Å²) in [5, 5.41) is 0. The summed E-state index contributed by atoms with van der Waals surface area (Å²) in [6.07, 6.45) is 0. The van der Waals surface area contributed by atoms with Gasteiger partial charge in [-0.1, -0.05) is 24.3 Å². The first-order valence-electron chi connectivity index (χ1n) is 8.64. The number of carbonyl (C=O) groups is 1. The first-order valence-corrected chi connectivity index (χ1v) is 10.1. The molecular formula is C21H18N2O4S. The molecule has 28 heavy (non-hydrogen) atoms. The maximum Gasteiger partial charge on any atom is 0.261 e. The zero-order valence-corrected chi connectivity index (χ0v) is 16.2. The smallest absolute Gasteiger partial charge is 0.261 e. The van der Waals surface area contributed by atoms with E-state index in [1.54, 1.807) is 37.4 Å². The minimum Gasteiger partial charge on any atom is -0.454 e. The number of nitrogens with zero attached hydrogens (tertiary/aromatic N) is 1. The first kappa shape index (κ1) is 18.1. The van der Waals surface area contributed by atoms with Crippen molar-refractivity contribution in [2.24, 2.45) is 0 Å². The average molecular weight is 394 g/mol. The van der Waals surface area contributed by atoms with Crippen LogP contribution in [-0.4, -0.2) is 21.4 Å². The van der Waals surface area contributed by atoms with Gasteiger partial charge >= 0.3 is 0 Å². The molecule has 1 aliphatic rings. The summed E-state index contributed by atoms with van der Waals surface area (Å²) in [5.41, 5.74) is 2.23. The van der Waals surface area contributed by atoms with Gasteiger partial charge in [0.1, 0.15) is 5.75 Å². The normalized spacial score (nSPS) is 13.2. The lowest BCUT2D eigenvalue weighted by molar-refractivity contribution is 0.0993. The SMILES string of the molecule is Cc1ccc2c(c1)N(C)C(=O)c1cc(NS(=O)(=O)c3ccccc3)ccc1O2. The predicted molar refractivity (Wildman–Crippen MR) is 108 cm³/mol. The summed E-state index contributed by atoms with van der Waals surface area (Å²) in [7, 11) is -2.09. The number of anilines is 2. The van der Waals surface area contributed by atoms with Crippen LogP contribution < -0.4 is 14.4 Å². The fraction of sp³-hybridized carbons (Fsp3) is 0.0952. The van der Waals surface area contributed by atoms with Gasteiger partial charge in [-0.15, -0.1) is 0 Å². The molecule has 142 valence electrons. The summed E-state index contributed by atoms with van der Waals surface area (Å²) < 4.78 is 33.6. The van der Waals surface area contributed by atoms with E-state index in [0.29, 0.717) is 17.2 Å². The number of hydrogen-bond donors (Lipinski definition) is 1. The lowest BCUT2D eigenvalue weighted by Crippen LogP contribution is -2.25. The molecule has 0 aromatic heterocycles. The zero-order valence-electron chi connectivity index (χ0n) is 15.3. The standard InChI is InChI=1S/C21H18N2O4S/c1-14-8-10-20-18(12-14)23(2)21(24)17-13-15(9-11-19(17)27-20)22-28(25,26)16-6-4-3-5-7-16/h3-13,22H,1-2H3. The van der Waals surface area contributed by atoms with Crippen molar-refractivity contribution in [2.45, 2.75) is 11.8 Å². The van der Waals surface area contributed by atoms with Crippen molar-refractivity contribution in [2.75, 3.05) is 16.7 Å². The molecule has 0 fully saturated rings. The third-order valence-corrected chi connectivity index (χ3v) is 5.91. The van der Waals surface area contributed by atoms with E-state index in [9.17, 15) is 13.2 Å². The van der Waals surface area contributed by atoms with Gasteiger partial charge in [-0.3, -0.25) is 9.52 Å². The Kier molecular flexibility index (Phi) is 4.31. The molecule has 0 bridgehead atoms. The molecule has 1 N–H and O–H groups in total. The van der Waals surface area contributed by atoms with Crippen LogP contribution in [0.2, 0.25) is 0 Å². The summed E-state index contributed by atoms with van der Waals surface area (Å²) in [6.45, 7) is 1.94. The van der Waals surface area contributed by atoms with Gasteiger partial charge in [-0.05, 0) is 55.0 Å². The van der Waals surface area contributed by atoms with Crippen LogP contribution in [0.25, 0.3) is 0 Å². The van der Waals surface area contributed by atoms with Crippen LogP contribution in [0.1, 0.15) is 15.9 Å². The topological polar surface area (TPSA) is 75.7 Å². The van der Waals surface area contributed by atoms with Crippen LogP contribution in [0.15, 0.2) is 71.6 Å². The second-order valence-corrected chi connectivity index (χ2v) is 8.25. The maximum atomic E-state index is 13.0. The fourth-order valence-electron chi connectivity index (χ4n) is 3.05. The van der Waals surface area contributed by atoms with Crippen molar-refractivity contribution in [3.8, 4) is 11.5 Å². The summed E-state index contributed by atoms with van der Waals surface area (Å²) >= 11 is 0. The highest BCUT2D eigenvalue weighted by Crippen LogP contribution is 2.39. The van der Waals surface area contributed by atoms with Gasteiger partial charge in [0, 0.05) is 12.7 Å². The lowest BCUT2D eigenvalue weighted by Gasteiger charge is -2.17. The number of carbonyl (C=O) groups excluding carboxylic acids is 1. The molecule has 0 saturated carbocycles. The molecule has 0 atom stereocenters. The van der Waals surface area contributed by atoms with Crippen molar-refractivity contribution in [1.29, 1.82) is 0 Å². The monoisotopic (exact) mass is 394 g/mol. The summed E-state index contributed by atoms with van der Waals surface area (Å²) in [4.78, 5) is 14.6. The fourth-order valence-corrected chi connectivity index (χ4v) is 4.12. The average Bonchev–Trinajstić information content (AvgIpc) is 2.78. The Hall–Kier alpha value is -3.32. The van der Waals surface area contributed by atoms with Gasteiger partial charge in [-0.25, -0.2) is 8.42 Å². The number of aryl methyl sites for hydroxylation is 1. The van der Waals surface area contributed by atoms with Crippen molar-refractivity contribution in [1.82, 2.24) is 0 Å². The Morgan fingerprint density at radius 1 is 0.929 bits per heavy atom. The second kappa shape index (κ2) is 6.69. The maximum absolute atomic E-state index is 13.0. The van der Waals surface area contributed by atoms with Gasteiger partial charge in [-0.2, -0.15) is 0 Å². The van der Waals surface area contributed by atoms with Crippen molar-refractivity contribution >= 4 is 27.3 Å². The minimum absolute atomic E-state index is 0.146. The molecule has 0 spiro atoms. The predicted octanol–water partition coefficient (Wildman–Crippen LogP) is 4.18. The van der Waals surface area contributed by atoms with Crippen LogP contribution in [0.5, 0.6) is 11.5 Å². The van der Waals surface area contributed by atoms with E-state index in [1.807, 2.05) is 25.1 Å². The van der Waals surface area contributed by atoms with Crippen molar-refractivity contribution in [3.05, 3.63) is 77.9 Å². The van der Waals surface area contributed by atoms with Crippen LogP contribution in [0, 0.1) is 6.92 Å². The van der Waals surface area contributed by atoms with Crippen molar-refractivity contribution < 1.29 is 17.9 Å². The quantitative estimate of drug-likeness (QED) is 0.723. The highest BCUT2D eigenvalue weighted by atomic mass is 32.2. The second-order valence-electron chi connectivity index (χ2n) is 6.57. The Labute approximate surface area is 163 Å². The number of benzene rings is 3. The highest BCUT2D eigenvalue weighted by molar-refractivity contribution is 7.92. The van der Waals surface area contributed by atoms with Crippen LogP contribution in [0.3, 0.4) is 0 Å². The number of hydrogen-bond acceptors (Lipinski definition) is 4. The third kappa shape index (κ3) is 3.20. The van der Waals surface area contributed by atoms with Gasteiger partial charge in [0.15, 0.2) is 5.75 Å². The summed E-state index contributed by atoms with van der Waals surface area (Å²) in [5.74, 6) is 0.667. The largest absolute Gasteiger partial charge is 0.454 e. The number of fused-ring (bicyclic) bond motifs is 2.